The summed E-state index contributed by atoms with van der Waals surface area (Å²) in [6.07, 6.45) is 3.20. The average molecular weight is 273 g/mol. The predicted octanol–water partition coefficient (Wildman–Crippen LogP) is 2.24. The Morgan fingerprint density at radius 2 is 2.30 bits per heavy atom. The maximum absolute atomic E-state index is 12.0. The molecule has 0 aliphatic carbocycles. The number of hydrogen-bond acceptors (Lipinski definition) is 4. The molecule has 0 atom stereocenters. The van der Waals surface area contributed by atoms with Gasteiger partial charge in [-0.3, -0.25) is 9.89 Å². The van der Waals surface area contributed by atoms with E-state index in [-0.39, 0.29) is 5.91 Å². The molecule has 2 aromatic rings. The minimum Gasteiger partial charge on any atom is -0.493 e. The summed E-state index contributed by atoms with van der Waals surface area (Å²) in [6.45, 7) is 3.95. The Labute approximate surface area is 116 Å². The Kier molecular flexibility index (Phi) is 4.39. The van der Waals surface area contributed by atoms with Crippen molar-refractivity contribution >= 4 is 11.7 Å². The van der Waals surface area contributed by atoms with Crippen LogP contribution in [0, 0.1) is 0 Å². The third-order valence-corrected chi connectivity index (χ3v) is 2.53. The van der Waals surface area contributed by atoms with E-state index in [1.807, 2.05) is 0 Å². The molecule has 1 heterocycles. The lowest BCUT2D eigenvalue weighted by molar-refractivity contribution is 0.102. The van der Waals surface area contributed by atoms with Crippen LogP contribution < -0.4 is 14.8 Å². The minimum absolute atomic E-state index is 0.261. The summed E-state index contributed by atoms with van der Waals surface area (Å²) in [5, 5.41) is 9.10. The number of aromatic nitrogens is 2. The Balaban J connectivity index is 2.15. The van der Waals surface area contributed by atoms with E-state index in [0.29, 0.717) is 29.5 Å². The molecule has 0 bridgehead atoms. The molecule has 1 aromatic carbocycles. The van der Waals surface area contributed by atoms with E-state index in [9.17, 15) is 4.79 Å². The number of benzene rings is 1. The quantitative estimate of drug-likeness (QED) is 0.791. The van der Waals surface area contributed by atoms with Crippen LogP contribution in [0.1, 0.15) is 10.4 Å². The van der Waals surface area contributed by atoms with Crippen LogP contribution in [0.25, 0.3) is 0 Å². The van der Waals surface area contributed by atoms with Crippen molar-refractivity contribution in [2.75, 3.05) is 19.0 Å². The van der Waals surface area contributed by atoms with E-state index < -0.39 is 0 Å². The van der Waals surface area contributed by atoms with Crippen LogP contribution >= 0.6 is 0 Å². The second kappa shape index (κ2) is 6.42. The maximum atomic E-state index is 12.0. The van der Waals surface area contributed by atoms with Gasteiger partial charge in [0, 0.05) is 11.6 Å². The van der Waals surface area contributed by atoms with Gasteiger partial charge < -0.3 is 14.8 Å². The van der Waals surface area contributed by atoms with Gasteiger partial charge in [-0.25, -0.2) is 0 Å². The molecule has 6 nitrogen and oxygen atoms in total. The first kappa shape index (κ1) is 13.7. The van der Waals surface area contributed by atoms with Gasteiger partial charge in [0.2, 0.25) is 0 Å². The number of rotatable bonds is 6. The van der Waals surface area contributed by atoms with Crippen molar-refractivity contribution in [2.45, 2.75) is 0 Å². The van der Waals surface area contributed by atoms with Crippen LogP contribution in [0.3, 0.4) is 0 Å². The molecular weight excluding hydrogens is 258 g/mol. The molecule has 1 aromatic heterocycles. The third-order valence-electron chi connectivity index (χ3n) is 2.53. The lowest BCUT2D eigenvalue weighted by Gasteiger charge is -2.10. The predicted molar refractivity (Wildman–Crippen MR) is 75.2 cm³/mol. The van der Waals surface area contributed by atoms with E-state index in [0.717, 1.165) is 0 Å². The van der Waals surface area contributed by atoms with Gasteiger partial charge in [0.15, 0.2) is 11.5 Å². The third kappa shape index (κ3) is 3.17. The highest BCUT2D eigenvalue weighted by Crippen LogP contribution is 2.28. The molecule has 2 rings (SSSR count). The molecule has 104 valence electrons. The molecule has 0 saturated heterocycles. The number of aromatic amines is 1. The van der Waals surface area contributed by atoms with Crippen LogP contribution in [0.4, 0.5) is 5.82 Å². The van der Waals surface area contributed by atoms with E-state index in [4.69, 9.17) is 9.47 Å². The summed E-state index contributed by atoms with van der Waals surface area (Å²) in [4.78, 5) is 12.0. The standard InChI is InChI=1S/C14H15N3O3/c1-3-8-20-11-5-4-10(9-12(11)19-2)14(18)16-13-6-7-15-17-13/h3-7,9H,1,8H2,2H3,(H2,15,16,17,18). The molecular formula is C14H15N3O3. The van der Waals surface area contributed by atoms with Crippen molar-refractivity contribution in [3.8, 4) is 11.5 Å². The van der Waals surface area contributed by atoms with E-state index in [2.05, 4.69) is 22.1 Å². The lowest BCUT2D eigenvalue weighted by Crippen LogP contribution is -2.12. The number of methoxy groups -OCH3 is 1. The summed E-state index contributed by atoms with van der Waals surface area (Å²) in [6, 6.07) is 6.62. The number of carbonyl (C=O) groups is 1. The molecule has 0 saturated carbocycles. The molecule has 0 aliphatic rings. The SMILES string of the molecule is C=CCOc1ccc(C(=O)Nc2ccn[nH]2)cc1OC. The summed E-state index contributed by atoms with van der Waals surface area (Å²) in [5.41, 5.74) is 0.461. The van der Waals surface area contributed by atoms with Gasteiger partial charge in [-0.2, -0.15) is 5.10 Å². The highest BCUT2D eigenvalue weighted by Gasteiger charge is 2.11. The van der Waals surface area contributed by atoms with Gasteiger partial charge in [0.05, 0.1) is 13.3 Å². The number of anilines is 1. The Bertz CT molecular complexity index is 594. The fraction of sp³-hybridized carbons (Fsp3) is 0.143. The van der Waals surface area contributed by atoms with E-state index in [1.54, 1.807) is 36.5 Å². The lowest BCUT2D eigenvalue weighted by atomic mass is 10.2. The molecule has 0 spiro atoms. The number of amides is 1. The first-order valence-electron chi connectivity index (χ1n) is 5.97. The van der Waals surface area contributed by atoms with Crippen molar-refractivity contribution < 1.29 is 14.3 Å². The second-order valence-electron chi connectivity index (χ2n) is 3.89. The zero-order chi connectivity index (χ0) is 14.4. The highest BCUT2D eigenvalue weighted by atomic mass is 16.5. The Morgan fingerprint density at radius 1 is 1.45 bits per heavy atom. The summed E-state index contributed by atoms with van der Waals surface area (Å²) < 4.78 is 10.6. The van der Waals surface area contributed by atoms with Gasteiger partial charge in [-0.15, -0.1) is 0 Å². The molecule has 0 unspecified atom stereocenters. The van der Waals surface area contributed by atoms with Crippen molar-refractivity contribution in [1.82, 2.24) is 10.2 Å². The molecule has 0 radical (unpaired) electrons. The molecule has 0 fully saturated rings. The summed E-state index contributed by atoms with van der Waals surface area (Å²) >= 11 is 0. The number of nitrogens with zero attached hydrogens (tertiary/aromatic N) is 1. The van der Waals surface area contributed by atoms with Crippen LogP contribution in [0.15, 0.2) is 43.1 Å². The molecule has 1 amide bonds. The van der Waals surface area contributed by atoms with Gasteiger partial charge in [0.25, 0.3) is 5.91 Å². The highest BCUT2D eigenvalue weighted by molar-refractivity contribution is 6.04. The molecule has 20 heavy (non-hydrogen) atoms. The average Bonchev–Trinajstić information content (AvgIpc) is 2.97. The number of H-pyrrole nitrogens is 1. The second-order valence-corrected chi connectivity index (χ2v) is 3.89. The normalized spacial score (nSPS) is 9.85. The molecule has 2 N–H and O–H groups in total. The monoisotopic (exact) mass is 273 g/mol. The first-order valence-corrected chi connectivity index (χ1v) is 5.97. The Hall–Kier alpha value is -2.76. The topological polar surface area (TPSA) is 76.2 Å². The number of hydrogen-bond donors (Lipinski definition) is 2. The number of carbonyl (C=O) groups excluding carboxylic acids is 1. The van der Waals surface area contributed by atoms with Gasteiger partial charge in [-0.1, -0.05) is 12.7 Å². The van der Waals surface area contributed by atoms with Gasteiger partial charge >= 0.3 is 0 Å². The number of ether oxygens (including phenoxy) is 2. The van der Waals surface area contributed by atoms with Crippen LogP contribution in [-0.4, -0.2) is 29.8 Å². The van der Waals surface area contributed by atoms with Crippen LogP contribution in [-0.2, 0) is 0 Å². The summed E-state index contributed by atoms with van der Waals surface area (Å²) in [7, 11) is 1.52. The fourth-order valence-corrected chi connectivity index (χ4v) is 1.60. The smallest absolute Gasteiger partial charge is 0.256 e. The van der Waals surface area contributed by atoms with Crippen molar-refractivity contribution in [3.63, 3.8) is 0 Å². The molecule has 0 aliphatic heterocycles. The largest absolute Gasteiger partial charge is 0.493 e. The number of nitrogens with one attached hydrogen (secondary N) is 2. The van der Waals surface area contributed by atoms with E-state index >= 15 is 0 Å². The van der Waals surface area contributed by atoms with Crippen LogP contribution in [0.5, 0.6) is 11.5 Å². The Morgan fingerprint density at radius 3 is 2.95 bits per heavy atom. The van der Waals surface area contributed by atoms with Crippen molar-refractivity contribution in [3.05, 3.63) is 48.7 Å². The zero-order valence-corrected chi connectivity index (χ0v) is 11.1. The fourth-order valence-electron chi connectivity index (χ4n) is 1.60. The maximum Gasteiger partial charge on any atom is 0.256 e. The first-order chi connectivity index (χ1) is 9.74. The molecule has 6 heteroatoms. The summed E-state index contributed by atoms with van der Waals surface area (Å²) in [5.74, 6) is 1.32. The van der Waals surface area contributed by atoms with Crippen LogP contribution in [0.2, 0.25) is 0 Å². The zero-order valence-electron chi connectivity index (χ0n) is 11.1. The van der Waals surface area contributed by atoms with E-state index in [1.165, 1.54) is 7.11 Å². The minimum atomic E-state index is -0.261. The van der Waals surface area contributed by atoms with Gasteiger partial charge in [0.1, 0.15) is 12.4 Å². The van der Waals surface area contributed by atoms with Crippen molar-refractivity contribution in [2.24, 2.45) is 0 Å². The van der Waals surface area contributed by atoms with Gasteiger partial charge in [-0.05, 0) is 18.2 Å². The van der Waals surface area contributed by atoms with Crippen molar-refractivity contribution in [1.29, 1.82) is 0 Å².